The minimum absolute atomic E-state index is 0.0299. The number of hydrogen-bond acceptors (Lipinski definition) is 9. The number of aromatic nitrogens is 2. The number of carbonyl (C=O) groups is 2. The van der Waals surface area contributed by atoms with Crippen LogP contribution in [0.3, 0.4) is 0 Å². The van der Waals surface area contributed by atoms with Crippen molar-refractivity contribution in [1.82, 2.24) is 19.6 Å². The van der Waals surface area contributed by atoms with Crippen LogP contribution in [-0.2, 0) is 10.0 Å². The third-order valence-corrected chi connectivity index (χ3v) is 9.30. The van der Waals surface area contributed by atoms with Crippen LogP contribution in [0, 0.1) is 0 Å². The maximum atomic E-state index is 12.8. The van der Waals surface area contributed by atoms with Gasteiger partial charge in [-0.2, -0.15) is 0 Å². The molecule has 2 fully saturated rings. The average Bonchev–Trinajstić information content (AvgIpc) is 3.01. The molecule has 1 unspecified atom stereocenters. The summed E-state index contributed by atoms with van der Waals surface area (Å²) >= 11 is 0. The minimum Gasteiger partial charge on any atom is -0.497 e. The predicted molar refractivity (Wildman–Crippen MR) is 164 cm³/mol. The molecule has 0 spiro atoms. The molecular formula is C30H37N7O5S. The van der Waals surface area contributed by atoms with E-state index in [2.05, 4.69) is 15.6 Å². The number of benzene rings is 2. The van der Waals surface area contributed by atoms with E-state index in [1.54, 1.807) is 31.4 Å². The Bertz CT molecular complexity index is 1560. The molecule has 3 aromatic rings. The molecule has 0 aliphatic carbocycles. The summed E-state index contributed by atoms with van der Waals surface area (Å²) in [6.45, 7) is 2.29. The third-order valence-electron chi connectivity index (χ3n) is 7.99. The molecule has 13 heteroatoms. The van der Waals surface area contributed by atoms with Gasteiger partial charge in [0.1, 0.15) is 11.6 Å². The molecule has 0 saturated carbocycles. The van der Waals surface area contributed by atoms with Crippen molar-refractivity contribution in [2.75, 3.05) is 49.8 Å². The highest BCUT2D eigenvalue weighted by Crippen LogP contribution is 2.31. The molecule has 5 rings (SSSR count). The van der Waals surface area contributed by atoms with Crippen molar-refractivity contribution in [3.05, 3.63) is 71.5 Å². The molecule has 4 N–H and O–H groups in total. The fourth-order valence-corrected chi connectivity index (χ4v) is 6.48. The lowest BCUT2D eigenvalue weighted by Gasteiger charge is -2.34. The monoisotopic (exact) mass is 607 g/mol. The Morgan fingerprint density at radius 2 is 1.70 bits per heavy atom. The van der Waals surface area contributed by atoms with Gasteiger partial charge in [-0.25, -0.2) is 22.7 Å². The number of nitrogens with one attached hydrogen (secondary N) is 2. The quantitative estimate of drug-likeness (QED) is 0.332. The Labute approximate surface area is 251 Å². The van der Waals surface area contributed by atoms with E-state index in [-0.39, 0.29) is 29.4 Å². The number of primary amides is 1. The summed E-state index contributed by atoms with van der Waals surface area (Å²) < 4.78 is 30.4. The number of carbonyl (C=O) groups excluding carboxylic acids is 2. The second-order valence-electron chi connectivity index (χ2n) is 11.0. The second kappa shape index (κ2) is 13.0. The minimum atomic E-state index is -3.17. The number of hydrogen-bond donors (Lipinski definition) is 3. The van der Waals surface area contributed by atoms with Crippen molar-refractivity contribution in [2.24, 2.45) is 5.73 Å². The number of methoxy groups -OCH3 is 1. The van der Waals surface area contributed by atoms with Crippen molar-refractivity contribution in [3.63, 3.8) is 0 Å². The topological polar surface area (TPSA) is 160 Å². The van der Waals surface area contributed by atoms with Gasteiger partial charge in [0.25, 0.3) is 11.8 Å². The molecule has 12 nitrogen and oxygen atoms in total. The van der Waals surface area contributed by atoms with E-state index in [1.165, 1.54) is 16.8 Å². The highest BCUT2D eigenvalue weighted by atomic mass is 32.2. The lowest BCUT2D eigenvalue weighted by atomic mass is 9.90. The van der Waals surface area contributed by atoms with Crippen molar-refractivity contribution in [1.29, 1.82) is 0 Å². The van der Waals surface area contributed by atoms with E-state index in [0.29, 0.717) is 36.8 Å². The zero-order chi connectivity index (χ0) is 30.6. The van der Waals surface area contributed by atoms with Crippen molar-refractivity contribution in [3.8, 4) is 5.75 Å². The normalized spacial score (nSPS) is 18.2. The van der Waals surface area contributed by atoms with Crippen molar-refractivity contribution >= 4 is 39.2 Å². The molecule has 2 saturated heterocycles. The number of nitrogens with zero attached hydrogens (tertiary/aromatic N) is 4. The summed E-state index contributed by atoms with van der Waals surface area (Å²) in [7, 11) is -1.59. The third kappa shape index (κ3) is 7.41. The molecule has 228 valence electrons. The number of amides is 2. The molecule has 2 aromatic carbocycles. The van der Waals surface area contributed by atoms with E-state index in [1.807, 2.05) is 29.2 Å². The fraction of sp³-hybridized carbons (Fsp3) is 0.400. The first-order chi connectivity index (χ1) is 20.6. The van der Waals surface area contributed by atoms with Crippen LogP contribution in [0.25, 0.3) is 0 Å². The highest BCUT2D eigenvalue weighted by Gasteiger charge is 2.27. The first-order valence-electron chi connectivity index (χ1n) is 14.3. The Hall–Kier alpha value is -4.23. The Morgan fingerprint density at radius 1 is 1.00 bits per heavy atom. The molecule has 2 amide bonds. The first-order valence-corrected chi connectivity index (χ1v) is 16.1. The van der Waals surface area contributed by atoms with Crippen LogP contribution in [0.5, 0.6) is 5.75 Å². The molecule has 2 aliphatic rings. The Balaban J connectivity index is 1.25. The number of rotatable bonds is 9. The van der Waals surface area contributed by atoms with Gasteiger partial charge in [0.05, 0.1) is 19.6 Å². The number of sulfonamides is 1. The van der Waals surface area contributed by atoms with E-state index in [9.17, 15) is 18.0 Å². The van der Waals surface area contributed by atoms with Crippen molar-refractivity contribution in [2.45, 2.75) is 37.6 Å². The predicted octanol–water partition coefficient (Wildman–Crippen LogP) is 2.87. The van der Waals surface area contributed by atoms with E-state index in [4.69, 9.17) is 15.5 Å². The van der Waals surface area contributed by atoms with Gasteiger partial charge >= 0.3 is 0 Å². The lowest BCUT2D eigenvalue weighted by Crippen LogP contribution is -2.48. The fourth-order valence-electron chi connectivity index (χ4n) is 5.61. The van der Waals surface area contributed by atoms with Gasteiger partial charge in [-0.1, -0.05) is 12.1 Å². The van der Waals surface area contributed by atoms with Crippen LogP contribution in [-0.4, -0.2) is 80.1 Å². The van der Waals surface area contributed by atoms with E-state index in [0.717, 1.165) is 43.5 Å². The summed E-state index contributed by atoms with van der Waals surface area (Å²) in [6, 6.07) is 14.7. The summed E-state index contributed by atoms with van der Waals surface area (Å²) in [5.41, 5.74) is 8.05. The molecule has 43 heavy (non-hydrogen) atoms. The molecule has 1 atom stereocenters. The van der Waals surface area contributed by atoms with E-state index >= 15 is 0 Å². The van der Waals surface area contributed by atoms with Crippen LogP contribution >= 0.6 is 0 Å². The molecule has 2 aliphatic heterocycles. The molecule has 0 radical (unpaired) electrons. The molecular weight excluding hydrogens is 570 g/mol. The zero-order valence-corrected chi connectivity index (χ0v) is 25.1. The summed E-state index contributed by atoms with van der Waals surface area (Å²) in [4.78, 5) is 36.1. The average molecular weight is 608 g/mol. The van der Waals surface area contributed by atoms with Gasteiger partial charge in [-0.05, 0) is 73.6 Å². The number of ether oxygens (including phenoxy) is 1. The molecule has 3 heterocycles. The van der Waals surface area contributed by atoms with Crippen LogP contribution in [0.15, 0.2) is 54.7 Å². The summed E-state index contributed by atoms with van der Waals surface area (Å²) in [5, 5.41) is 6.30. The largest absolute Gasteiger partial charge is 0.497 e. The van der Waals surface area contributed by atoms with Gasteiger partial charge in [0.15, 0.2) is 11.5 Å². The summed E-state index contributed by atoms with van der Waals surface area (Å²) in [6.07, 6.45) is 5.98. The maximum Gasteiger partial charge on any atom is 0.271 e. The zero-order valence-electron chi connectivity index (χ0n) is 24.3. The molecule has 1 aromatic heterocycles. The second-order valence-corrected chi connectivity index (χ2v) is 12.9. The Morgan fingerprint density at radius 3 is 2.33 bits per heavy atom. The number of anilines is 3. The van der Waals surface area contributed by atoms with Crippen molar-refractivity contribution < 1.29 is 22.7 Å². The Kier molecular flexibility index (Phi) is 9.11. The van der Waals surface area contributed by atoms with E-state index < -0.39 is 15.9 Å². The van der Waals surface area contributed by atoms with Gasteiger partial charge in [-0.3, -0.25) is 9.59 Å². The standard InChI is InChI=1S/C30H37N7O5S/c1-42-25-11-7-22(8-12-25)30(39)34-24-4-3-15-36(19-24)26-18-32-27(28(31)38)29(35-26)33-23-9-5-20(6-10-23)21-13-16-37(17-14-21)43(2,40)41/h5-12,18,21,24H,3-4,13-17,19H2,1-2H3,(H2,31,38)(H,33,35)(H,34,39). The number of nitrogens with two attached hydrogens (primary N) is 1. The van der Waals surface area contributed by atoms with Gasteiger partial charge in [-0.15, -0.1) is 0 Å². The summed E-state index contributed by atoms with van der Waals surface area (Å²) in [5.74, 6) is 0.934. The molecule has 0 bridgehead atoms. The maximum absolute atomic E-state index is 12.8. The number of piperidine rings is 2. The van der Waals surface area contributed by atoms with Gasteiger partial charge < -0.3 is 26.0 Å². The SMILES string of the molecule is COc1ccc(C(=O)NC2CCCN(c3cnc(C(N)=O)c(Nc4ccc(C5CCN(S(C)(=O)=O)CC5)cc4)n3)C2)cc1. The highest BCUT2D eigenvalue weighted by molar-refractivity contribution is 7.88. The van der Waals surface area contributed by atoms with Crippen LogP contribution in [0.2, 0.25) is 0 Å². The lowest BCUT2D eigenvalue weighted by molar-refractivity contribution is 0.0931. The smallest absolute Gasteiger partial charge is 0.271 e. The van der Waals surface area contributed by atoms with Gasteiger partial charge in [0.2, 0.25) is 10.0 Å². The van der Waals surface area contributed by atoms with Crippen LogP contribution in [0.4, 0.5) is 17.3 Å². The first kappa shape index (κ1) is 30.2. The van der Waals surface area contributed by atoms with Gasteiger partial charge in [0, 0.05) is 43.5 Å². The van der Waals surface area contributed by atoms with Crippen LogP contribution < -0.4 is 26.0 Å². The van der Waals surface area contributed by atoms with Crippen LogP contribution in [0.1, 0.15) is 58.0 Å².